The molecule has 0 spiro atoms. The van der Waals surface area contributed by atoms with Crippen molar-refractivity contribution in [1.82, 2.24) is 19.1 Å². The highest BCUT2D eigenvalue weighted by Gasteiger charge is 2.19. The summed E-state index contributed by atoms with van der Waals surface area (Å²) in [5.74, 6) is 0.868. The lowest BCUT2D eigenvalue weighted by molar-refractivity contribution is -0.671. The Hall–Kier alpha value is -4.90. The molecule has 0 aliphatic heterocycles. The van der Waals surface area contributed by atoms with Crippen LogP contribution in [-0.4, -0.2) is 70.8 Å². The van der Waals surface area contributed by atoms with Crippen molar-refractivity contribution in [3.63, 3.8) is 0 Å². The third-order valence-electron chi connectivity index (χ3n) is 7.27. The molecule has 224 valence electrons. The molecule has 0 fully saturated rings. The standard InChI is InChI=1S/C32H42N11/c1-5-42(20-17-39(2)3)32-31(30-9-6-7-16-43(30)38-32)37-29-22-28(26(33)21-27(29)34)36-25-12-10-24(11-13-25)35-14-8-15-41-19-18-40(4)23-41/h6-7,9-13,16,18-19,21-23,37H,5,8,14-15,17,20,33-34H2,1-4H3/q+1. The van der Waals surface area contributed by atoms with Gasteiger partial charge in [-0.05, 0) is 69.6 Å². The number of aryl methyl sites for hydroxylation is 2. The molecule has 0 bridgehead atoms. The first-order valence-corrected chi connectivity index (χ1v) is 14.6. The van der Waals surface area contributed by atoms with Gasteiger partial charge in [0, 0.05) is 38.8 Å². The number of benzene rings is 1. The molecule has 0 radical (unpaired) electrons. The maximum absolute atomic E-state index is 6.47. The van der Waals surface area contributed by atoms with Crippen LogP contribution in [0.2, 0.25) is 0 Å². The molecule has 3 heterocycles. The normalized spacial score (nSPS) is 12.9. The van der Waals surface area contributed by atoms with E-state index in [0.29, 0.717) is 17.1 Å². The van der Waals surface area contributed by atoms with E-state index in [0.717, 1.165) is 73.3 Å². The number of imidazole rings is 1. The van der Waals surface area contributed by atoms with Gasteiger partial charge in [0.1, 0.15) is 18.1 Å². The largest absolute Gasteiger partial charge is 0.397 e. The SMILES string of the molecule is CCN(CCN(C)C)c1nn2ccccc2c1Nc1cc(N=C2C=CC(=NCCCn3cc[n+](C)c3)C=C2)c(N)cc1N. The summed E-state index contributed by atoms with van der Waals surface area (Å²) in [5, 5.41) is 8.48. The molecule has 3 aromatic heterocycles. The minimum absolute atomic E-state index is 0.511. The number of hydrogen-bond donors (Lipinski definition) is 3. The number of likely N-dealkylation sites (N-methyl/N-ethyl adjacent to an activating group) is 2. The van der Waals surface area contributed by atoms with Gasteiger partial charge in [0.25, 0.3) is 0 Å². The van der Waals surface area contributed by atoms with Crippen molar-refractivity contribution in [1.29, 1.82) is 0 Å². The van der Waals surface area contributed by atoms with Crippen LogP contribution in [-0.2, 0) is 13.6 Å². The average molecular weight is 581 g/mol. The maximum Gasteiger partial charge on any atom is 0.243 e. The van der Waals surface area contributed by atoms with Crippen molar-refractivity contribution < 1.29 is 4.57 Å². The summed E-state index contributed by atoms with van der Waals surface area (Å²) in [4.78, 5) is 14.0. The number of allylic oxidation sites excluding steroid dienone is 4. The molecule has 4 aromatic rings. The van der Waals surface area contributed by atoms with Crippen molar-refractivity contribution in [3.05, 3.63) is 79.6 Å². The van der Waals surface area contributed by atoms with Crippen molar-refractivity contribution >= 4 is 51.2 Å². The molecule has 1 aromatic carbocycles. The van der Waals surface area contributed by atoms with Gasteiger partial charge in [-0.3, -0.25) is 4.99 Å². The quantitative estimate of drug-likeness (QED) is 0.101. The molecule has 0 saturated heterocycles. The zero-order valence-corrected chi connectivity index (χ0v) is 25.5. The van der Waals surface area contributed by atoms with Crippen LogP contribution < -0.4 is 26.3 Å². The number of nitrogen functional groups attached to an aromatic ring is 2. The van der Waals surface area contributed by atoms with E-state index in [1.54, 1.807) is 6.07 Å². The van der Waals surface area contributed by atoms with Gasteiger partial charge in [0.2, 0.25) is 6.33 Å². The second kappa shape index (κ2) is 13.4. The second-order valence-electron chi connectivity index (χ2n) is 10.9. The predicted molar refractivity (Wildman–Crippen MR) is 178 cm³/mol. The Balaban J connectivity index is 1.34. The lowest BCUT2D eigenvalue weighted by atomic mass is 10.1. The third kappa shape index (κ3) is 7.31. The summed E-state index contributed by atoms with van der Waals surface area (Å²) in [7, 11) is 6.17. The van der Waals surface area contributed by atoms with Gasteiger partial charge < -0.3 is 26.6 Å². The van der Waals surface area contributed by atoms with E-state index in [4.69, 9.17) is 26.6 Å². The van der Waals surface area contributed by atoms with E-state index >= 15 is 0 Å². The van der Waals surface area contributed by atoms with Crippen LogP contribution in [0.5, 0.6) is 0 Å². The lowest BCUT2D eigenvalue weighted by Gasteiger charge is -2.24. The Labute approximate surface area is 253 Å². The molecule has 5 N–H and O–H groups in total. The van der Waals surface area contributed by atoms with Crippen molar-refractivity contribution in [2.75, 3.05) is 62.0 Å². The molecular formula is C32H42N11+. The van der Waals surface area contributed by atoms with Crippen LogP contribution in [0.1, 0.15) is 13.3 Å². The number of anilines is 5. The summed E-state index contributed by atoms with van der Waals surface area (Å²) >= 11 is 0. The number of aromatic nitrogens is 4. The van der Waals surface area contributed by atoms with E-state index in [1.807, 2.05) is 77.1 Å². The Morgan fingerprint density at radius 2 is 1.79 bits per heavy atom. The van der Waals surface area contributed by atoms with Crippen molar-refractivity contribution in [2.24, 2.45) is 17.0 Å². The van der Waals surface area contributed by atoms with E-state index in [9.17, 15) is 0 Å². The monoisotopic (exact) mass is 580 g/mol. The highest BCUT2D eigenvalue weighted by atomic mass is 15.3. The molecule has 11 nitrogen and oxygen atoms in total. The Kier molecular flexibility index (Phi) is 9.21. The van der Waals surface area contributed by atoms with Gasteiger partial charge in [-0.15, -0.1) is 5.10 Å². The van der Waals surface area contributed by atoms with Crippen LogP contribution >= 0.6 is 0 Å². The number of aliphatic imine (C=N–C) groups is 2. The van der Waals surface area contributed by atoms with Gasteiger partial charge >= 0.3 is 0 Å². The van der Waals surface area contributed by atoms with Crippen LogP contribution in [0.25, 0.3) is 5.52 Å². The van der Waals surface area contributed by atoms with E-state index in [1.165, 1.54) is 0 Å². The van der Waals surface area contributed by atoms with Crippen molar-refractivity contribution in [3.8, 4) is 0 Å². The topological polar surface area (TPSA) is 121 Å². The first kappa shape index (κ1) is 29.6. The van der Waals surface area contributed by atoms with Crippen LogP contribution in [0, 0.1) is 0 Å². The number of nitrogens with one attached hydrogen (secondary N) is 1. The number of fused-ring (bicyclic) bond motifs is 1. The lowest BCUT2D eigenvalue weighted by Crippen LogP contribution is -2.32. The Morgan fingerprint density at radius 1 is 1.00 bits per heavy atom. The molecule has 11 heteroatoms. The fourth-order valence-corrected chi connectivity index (χ4v) is 4.89. The fourth-order valence-electron chi connectivity index (χ4n) is 4.89. The summed E-state index contributed by atoms with van der Waals surface area (Å²) in [5.41, 5.74) is 18.8. The number of nitrogens with zero attached hydrogens (tertiary/aromatic N) is 8. The summed E-state index contributed by atoms with van der Waals surface area (Å²) in [6, 6.07) is 9.68. The van der Waals surface area contributed by atoms with Crippen LogP contribution in [0.3, 0.4) is 0 Å². The maximum atomic E-state index is 6.47. The minimum atomic E-state index is 0.511. The minimum Gasteiger partial charge on any atom is -0.397 e. The number of nitrogens with two attached hydrogens (primary N) is 2. The molecule has 5 rings (SSSR count). The molecule has 1 aliphatic rings. The molecule has 0 atom stereocenters. The number of rotatable bonds is 12. The fraction of sp³-hybridized carbons (Fsp3) is 0.312. The molecule has 0 saturated carbocycles. The first-order chi connectivity index (χ1) is 20.8. The number of pyridine rings is 1. The van der Waals surface area contributed by atoms with E-state index < -0.39 is 0 Å². The van der Waals surface area contributed by atoms with Crippen LogP contribution in [0.15, 0.2) is 89.5 Å². The van der Waals surface area contributed by atoms with E-state index in [-0.39, 0.29) is 0 Å². The van der Waals surface area contributed by atoms with Gasteiger partial charge in [-0.25, -0.2) is 18.6 Å². The average Bonchev–Trinajstić information content (AvgIpc) is 3.57. The Bertz CT molecular complexity index is 1670. The predicted octanol–water partition coefficient (Wildman–Crippen LogP) is 3.99. The highest BCUT2D eigenvalue weighted by Crippen LogP contribution is 2.38. The molecule has 1 aliphatic carbocycles. The zero-order chi connectivity index (χ0) is 30.3. The van der Waals surface area contributed by atoms with Crippen molar-refractivity contribution in [2.45, 2.75) is 19.9 Å². The number of hydrogen-bond acceptors (Lipinski definition) is 8. The Morgan fingerprint density at radius 3 is 2.51 bits per heavy atom. The van der Waals surface area contributed by atoms with Gasteiger partial charge in [0.15, 0.2) is 5.82 Å². The van der Waals surface area contributed by atoms with Crippen LogP contribution in [0.4, 0.5) is 34.3 Å². The van der Waals surface area contributed by atoms with E-state index in [2.05, 4.69) is 53.2 Å². The summed E-state index contributed by atoms with van der Waals surface area (Å²) < 4.78 is 6.10. The summed E-state index contributed by atoms with van der Waals surface area (Å²) in [6.07, 6.45) is 17.0. The van der Waals surface area contributed by atoms with Gasteiger partial charge in [0.05, 0.1) is 53.3 Å². The smallest absolute Gasteiger partial charge is 0.243 e. The second-order valence-corrected chi connectivity index (χ2v) is 10.9. The summed E-state index contributed by atoms with van der Waals surface area (Å²) in [6.45, 7) is 6.41. The van der Waals surface area contributed by atoms with Gasteiger partial charge in [-0.2, -0.15) is 0 Å². The third-order valence-corrected chi connectivity index (χ3v) is 7.27. The zero-order valence-electron chi connectivity index (χ0n) is 25.5. The molecule has 43 heavy (non-hydrogen) atoms. The molecule has 0 unspecified atom stereocenters. The highest BCUT2D eigenvalue weighted by molar-refractivity contribution is 6.19. The first-order valence-electron chi connectivity index (χ1n) is 14.6. The van der Waals surface area contributed by atoms with Gasteiger partial charge in [-0.1, -0.05) is 6.07 Å². The molecular weight excluding hydrogens is 538 g/mol. The molecule has 0 amide bonds.